The first-order chi connectivity index (χ1) is 11.4. The van der Waals surface area contributed by atoms with Crippen molar-refractivity contribution in [1.82, 2.24) is 15.1 Å². The molecular formula is C16H27N3O4S. The van der Waals surface area contributed by atoms with Crippen LogP contribution in [0.5, 0.6) is 0 Å². The molecule has 0 spiro atoms. The second-order valence-corrected chi connectivity index (χ2v) is 9.03. The summed E-state index contributed by atoms with van der Waals surface area (Å²) in [5, 5.41) is 0. The standard InChI is InChI=1S/C16H27N3O4S/c1-3-24(21,22)18-12-6-4-5-11(9-12)14-10-19(2)16(20)15-13(14)7-8-17-23-15/h10-13,15,17-18H,3-9H2,1-2H3. The topological polar surface area (TPSA) is 87.7 Å². The van der Waals surface area contributed by atoms with Gasteiger partial charge in [-0.25, -0.2) is 18.6 Å². The van der Waals surface area contributed by atoms with E-state index in [1.165, 1.54) is 5.57 Å². The van der Waals surface area contributed by atoms with Crippen molar-refractivity contribution in [3.05, 3.63) is 11.8 Å². The zero-order valence-corrected chi connectivity index (χ0v) is 15.1. The highest BCUT2D eigenvalue weighted by molar-refractivity contribution is 7.89. The minimum Gasteiger partial charge on any atom is -0.320 e. The number of rotatable bonds is 4. The smallest absolute Gasteiger partial charge is 0.258 e. The predicted molar refractivity (Wildman–Crippen MR) is 90.2 cm³/mol. The van der Waals surface area contributed by atoms with Gasteiger partial charge in [0.15, 0.2) is 6.10 Å². The molecule has 136 valence electrons. The number of hydrogen-bond donors (Lipinski definition) is 2. The van der Waals surface area contributed by atoms with E-state index < -0.39 is 16.1 Å². The van der Waals surface area contributed by atoms with Crippen molar-refractivity contribution in [2.75, 3.05) is 19.3 Å². The number of fused-ring (bicyclic) bond motifs is 1. The number of likely N-dealkylation sites (N-methyl/N-ethyl adjacent to an activating group) is 1. The molecule has 0 aromatic heterocycles. The summed E-state index contributed by atoms with van der Waals surface area (Å²) in [5.41, 5.74) is 4.08. The fraction of sp³-hybridized carbons (Fsp3) is 0.812. The monoisotopic (exact) mass is 357 g/mol. The highest BCUT2D eigenvalue weighted by atomic mass is 32.2. The van der Waals surface area contributed by atoms with Gasteiger partial charge in [0.2, 0.25) is 10.0 Å². The van der Waals surface area contributed by atoms with Crippen LogP contribution in [0, 0.1) is 11.8 Å². The maximum absolute atomic E-state index is 12.3. The van der Waals surface area contributed by atoms with Gasteiger partial charge >= 0.3 is 0 Å². The second kappa shape index (κ2) is 7.11. The summed E-state index contributed by atoms with van der Waals surface area (Å²) in [6, 6.07) is -0.0152. The van der Waals surface area contributed by atoms with Crippen LogP contribution in [-0.2, 0) is 19.7 Å². The van der Waals surface area contributed by atoms with Crippen molar-refractivity contribution in [3.8, 4) is 0 Å². The van der Waals surface area contributed by atoms with Crippen LogP contribution in [-0.4, -0.2) is 50.7 Å². The molecule has 2 aliphatic heterocycles. The Labute approximate surface area is 143 Å². The highest BCUT2D eigenvalue weighted by Crippen LogP contribution is 2.40. The molecule has 7 nitrogen and oxygen atoms in total. The highest BCUT2D eigenvalue weighted by Gasteiger charge is 2.43. The molecular weight excluding hydrogens is 330 g/mol. The molecule has 1 saturated heterocycles. The van der Waals surface area contributed by atoms with Gasteiger partial charge in [-0.2, -0.15) is 0 Å². The van der Waals surface area contributed by atoms with E-state index in [0.29, 0.717) is 5.92 Å². The lowest BCUT2D eigenvalue weighted by Crippen LogP contribution is -2.52. The van der Waals surface area contributed by atoms with E-state index in [1.807, 2.05) is 6.20 Å². The van der Waals surface area contributed by atoms with Crippen LogP contribution in [0.3, 0.4) is 0 Å². The molecule has 0 radical (unpaired) electrons. The van der Waals surface area contributed by atoms with Gasteiger partial charge in [0.05, 0.1) is 5.75 Å². The van der Waals surface area contributed by atoms with Gasteiger partial charge in [-0.3, -0.25) is 9.63 Å². The summed E-state index contributed by atoms with van der Waals surface area (Å²) in [7, 11) is -1.42. The lowest BCUT2D eigenvalue weighted by molar-refractivity contribution is -0.158. The Morgan fingerprint density at radius 3 is 2.92 bits per heavy atom. The minimum atomic E-state index is -3.18. The molecule has 1 saturated carbocycles. The number of amides is 1. The Morgan fingerprint density at radius 2 is 2.17 bits per heavy atom. The minimum absolute atomic E-state index is 0.0152. The molecule has 0 aromatic rings. The van der Waals surface area contributed by atoms with Gasteiger partial charge in [0.25, 0.3) is 5.91 Å². The molecule has 1 amide bonds. The summed E-state index contributed by atoms with van der Waals surface area (Å²) in [6.07, 6.45) is 6.07. The third-order valence-electron chi connectivity index (χ3n) is 5.37. The number of carbonyl (C=O) groups excluding carboxylic acids is 1. The zero-order valence-electron chi connectivity index (χ0n) is 14.3. The molecule has 4 unspecified atom stereocenters. The largest absolute Gasteiger partial charge is 0.320 e. The van der Waals surface area contributed by atoms with Crippen LogP contribution in [0.4, 0.5) is 0 Å². The van der Waals surface area contributed by atoms with Gasteiger partial charge in [-0.05, 0) is 44.1 Å². The fourth-order valence-corrected chi connectivity index (χ4v) is 4.98. The number of sulfonamides is 1. The Kier molecular flexibility index (Phi) is 5.29. The van der Waals surface area contributed by atoms with Crippen LogP contribution >= 0.6 is 0 Å². The number of nitrogens with zero attached hydrogens (tertiary/aromatic N) is 1. The number of hydrogen-bond acceptors (Lipinski definition) is 5. The lowest BCUT2D eigenvalue weighted by atomic mass is 9.73. The summed E-state index contributed by atoms with van der Waals surface area (Å²) < 4.78 is 26.6. The van der Waals surface area contributed by atoms with Crippen LogP contribution in [0.25, 0.3) is 0 Å². The van der Waals surface area contributed by atoms with E-state index in [1.54, 1.807) is 18.9 Å². The summed E-state index contributed by atoms with van der Waals surface area (Å²) in [5.74, 6) is 0.489. The van der Waals surface area contributed by atoms with E-state index in [9.17, 15) is 13.2 Å². The zero-order chi connectivity index (χ0) is 17.3. The Balaban J connectivity index is 1.76. The molecule has 2 fully saturated rings. The van der Waals surface area contributed by atoms with Crippen molar-refractivity contribution in [2.24, 2.45) is 11.8 Å². The Hall–Kier alpha value is -0.960. The van der Waals surface area contributed by atoms with E-state index in [-0.39, 0.29) is 23.6 Å². The quantitative estimate of drug-likeness (QED) is 0.775. The number of hydroxylamine groups is 1. The van der Waals surface area contributed by atoms with Gasteiger partial charge in [-0.1, -0.05) is 6.42 Å². The normalized spacial score (nSPS) is 34.7. The maximum Gasteiger partial charge on any atom is 0.258 e. The molecule has 8 heteroatoms. The number of carbonyl (C=O) groups is 1. The van der Waals surface area contributed by atoms with Crippen LogP contribution in [0.1, 0.15) is 39.0 Å². The van der Waals surface area contributed by atoms with Gasteiger partial charge in [0.1, 0.15) is 0 Å². The first-order valence-electron chi connectivity index (χ1n) is 8.78. The fourth-order valence-electron chi connectivity index (χ4n) is 4.09. The molecule has 4 atom stereocenters. The summed E-state index contributed by atoms with van der Waals surface area (Å²) >= 11 is 0. The van der Waals surface area contributed by atoms with Gasteiger partial charge in [-0.15, -0.1) is 0 Å². The van der Waals surface area contributed by atoms with Crippen LogP contribution < -0.4 is 10.2 Å². The van der Waals surface area contributed by atoms with Gasteiger partial charge < -0.3 is 4.90 Å². The van der Waals surface area contributed by atoms with Crippen LogP contribution in [0.2, 0.25) is 0 Å². The molecule has 2 N–H and O–H groups in total. The second-order valence-electron chi connectivity index (χ2n) is 6.99. The molecule has 0 aromatic carbocycles. The Bertz CT molecular complexity index is 619. The van der Waals surface area contributed by atoms with E-state index in [0.717, 1.165) is 38.6 Å². The van der Waals surface area contributed by atoms with Crippen molar-refractivity contribution in [1.29, 1.82) is 0 Å². The van der Waals surface area contributed by atoms with E-state index >= 15 is 0 Å². The van der Waals surface area contributed by atoms with E-state index in [2.05, 4.69) is 10.2 Å². The van der Waals surface area contributed by atoms with Gasteiger partial charge in [0, 0.05) is 31.8 Å². The van der Waals surface area contributed by atoms with Crippen molar-refractivity contribution in [3.63, 3.8) is 0 Å². The third kappa shape index (κ3) is 3.66. The molecule has 1 aliphatic carbocycles. The SMILES string of the molecule is CCS(=O)(=O)NC1CCCC(C2=CN(C)C(=O)C3ONCCC23)C1. The lowest BCUT2D eigenvalue weighted by Gasteiger charge is -2.42. The molecule has 3 rings (SSSR count). The predicted octanol–water partition coefficient (Wildman–Crippen LogP) is 0.750. The first kappa shape index (κ1) is 17.8. The van der Waals surface area contributed by atoms with Crippen LogP contribution in [0.15, 0.2) is 11.8 Å². The molecule has 2 heterocycles. The van der Waals surface area contributed by atoms with E-state index in [4.69, 9.17) is 4.84 Å². The Morgan fingerprint density at radius 1 is 1.38 bits per heavy atom. The average molecular weight is 357 g/mol. The summed E-state index contributed by atoms with van der Waals surface area (Å²) in [4.78, 5) is 19.4. The van der Waals surface area contributed by atoms with Crippen molar-refractivity contribution in [2.45, 2.75) is 51.2 Å². The first-order valence-corrected chi connectivity index (χ1v) is 10.4. The maximum atomic E-state index is 12.3. The summed E-state index contributed by atoms with van der Waals surface area (Å²) in [6.45, 7) is 2.39. The van der Waals surface area contributed by atoms with Crippen molar-refractivity contribution >= 4 is 15.9 Å². The number of nitrogens with one attached hydrogen (secondary N) is 2. The molecule has 3 aliphatic rings. The third-order valence-corrected chi connectivity index (χ3v) is 6.82. The van der Waals surface area contributed by atoms with Crippen molar-refractivity contribution < 1.29 is 18.0 Å². The molecule has 0 bridgehead atoms. The molecule has 24 heavy (non-hydrogen) atoms. The average Bonchev–Trinajstić information content (AvgIpc) is 2.58.